The molecule has 0 heterocycles. The highest BCUT2D eigenvalue weighted by Gasteiger charge is 2.15. The van der Waals surface area contributed by atoms with E-state index in [-0.39, 0.29) is 11.5 Å². The third-order valence-corrected chi connectivity index (χ3v) is 2.08. The molecule has 0 fully saturated rings. The fourth-order valence-corrected chi connectivity index (χ4v) is 1.14. The van der Waals surface area contributed by atoms with Gasteiger partial charge in [-0.15, -0.1) is 0 Å². The van der Waals surface area contributed by atoms with E-state index in [0.29, 0.717) is 11.8 Å². The minimum Gasteiger partial charge on any atom is -0.466 e. The Labute approximate surface area is 109 Å². The SMILES string of the molecule is COC(=O)/C=C(\Oc1ccc(C=O)cc1)C(=O)OC. The van der Waals surface area contributed by atoms with Gasteiger partial charge in [-0.05, 0) is 24.3 Å². The summed E-state index contributed by atoms with van der Waals surface area (Å²) in [4.78, 5) is 33.0. The smallest absolute Gasteiger partial charge is 0.374 e. The largest absolute Gasteiger partial charge is 0.466 e. The maximum atomic E-state index is 11.4. The molecule has 0 radical (unpaired) electrons. The number of hydrogen-bond acceptors (Lipinski definition) is 6. The molecule has 0 aliphatic carbocycles. The fraction of sp³-hybridized carbons (Fsp3) is 0.154. The number of ether oxygens (including phenoxy) is 3. The fourth-order valence-electron chi connectivity index (χ4n) is 1.14. The third kappa shape index (κ3) is 4.27. The van der Waals surface area contributed by atoms with Gasteiger partial charge in [-0.1, -0.05) is 0 Å². The van der Waals surface area contributed by atoms with Gasteiger partial charge in [-0.2, -0.15) is 0 Å². The molecule has 0 saturated carbocycles. The summed E-state index contributed by atoms with van der Waals surface area (Å²) in [6.45, 7) is 0. The Bertz CT molecular complexity index is 500. The average Bonchev–Trinajstić information content (AvgIpc) is 2.46. The Morgan fingerprint density at radius 1 is 1.05 bits per heavy atom. The van der Waals surface area contributed by atoms with Gasteiger partial charge in [0.2, 0.25) is 5.76 Å². The van der Waals surface area contributed by atoms with Crippen molar-refractivity contribution in [3.63, 3.8) is 0 Å². The van der Waals surface area contributed by atoms with E-state index < -0.39 is 11.9 Å². The Hall–Kier alpha value is -2.63. The highest BCUT2D eigenvalue weighted by atomic mass is 16.6. The molecule has 1 aromatic carbocycles. The first-order valence-electron chi connectivity index (χ1n) is 5.21. The molecule has 1 aromatic rings. The third-order valence-electron chi connectivity index (χ3n) is 2.08. The first-order chi connectivity index (χ1) is 9.10. The van der Waals surface area contributed by atoms with E-state index in [1.165, 1.54) is 31.4 Å². The predicted octanol–water partition coefficient (Wildman–Crippen LogP) is 1.11. The summed E-state index contributed by atoms with van der Waals surface area (Å²) in [5, 5.41) is 0. The van der Waals surface area contributed by atoms with E-state index in [0.717, 1.165) is 13.2 Å². The Balaban J connectivity index is 2.93. The van der Waals surface area contributed by atoms with Crippen LogP contribution >= 0.6 is 0 Å². The monoisotopic (exact) mass is 264 g/mol. The molecule has 19 heavy (non-hydrogen) atoms. The molecule has 6 nitrogen and oxygen atoms in total. The summed E-state index contributed by atoms with van der Waals surface area (Å²) >= 11 is 0. The van der Waals surface area contributed by atoms with Crippen LogP contribution in [0.4, 0.5) is 0 Å². The van der Waals surface area contributed by atoms with Gasteiger partial charge >= 0.3 is 11.9 Å². The van der Waals surface area contributed by atoms with Gasteiger partial charge < -0.3 is 14.2 Å². The number of esters is 2. The van der Waals surface area contributed by atoms with Gasteiger partial charge in [0, 0.05) is 5.56 Å². The summed E-state index contributed by atoms with van der Waals surface area (Å²) in [5.41, 5.74) is 0.462. The Kier molecular flexibility index (Phi) is 5.28. The first-order valence-corrected chi connectivity index (χ1v) is 5.21. The van der Waals surface area contributed by atoms with E-state index in [9.17, 15) is 14.4 Å². The summed E-state index contributed by atoms with van der Waals surface area (Å²) in [6.07, 6.45) is 1.55. The molecule has 0 spiro atoms. The van der Waals surface area contributed by atoms with Crippen molar-refractivity contribution in [2.24, 2.45) is 0 Å². The summed E-state index contributed by atoms with van der Waals surface area (Å²) in [5.74, 6) is -1.59. The summed E-state index contributed by atoms with van der Waals surface area (Å²) < 4.78 is 14.1. The van der Waals surface area contributed by atoms with E-state index in [1.54, 1.807) is 0 Å². The lowest BCUT2D eigenvalue weighted by molar-refractivity contribution is -0.140. The van der Waals surface area contributed by atoms with Crippen molar-refractivity contribution < 1.29 is 28.6 Å². The van der Waals surface area contributed by atoms with Crippen LogP contribution < -0.4 is 4.74 Å². The number of rotatable bonds is 5. The van der Waals surface area contributed by atoms with Gasteiger partial charge in [-0.25, -0.2) is 9.59 Å². The van der Waals surface area contributed by atoms with Crippen molar-refractivity contribution in [1.82, 2.24) is 0 Å². The zero-order valence-electron chi connectivity index (χ0n) is 10.4. The highest BCUT2D eigenvalue weighted by Crippen LogP contribution is 2.15. The van der Waals surface area contributed by atoms with Crippen LogP contribution in [0.5, 0.6) is 5.75 Å². The van der Waals surface area contributed by atoms with Gasteiger partial charge in [0.25, 0.3) is 0 Å². The van der Waals surface area contributed by atoms with Gasteiger partial charge in [0.1, 0.15) is 12.0 Å². The van der Waals surface area contributed by atoms with Crippen molar-refractivity contribution in [3.8, 4) is 5.75 Å². The molecule has 0 saturated heterocycles. The zero-order chi connectivity index (χ0) is 14.3. The molecule has 100 valence electrons. The molecule has 0 atom stereocenters. The van der Waals surface area contributed by atoms with E-state index in [4.69, 9.17) is 4.74 Å². The van der Waals surface area contributed by atoms with Crippen LogP contribution in [0.2, 0.25) is 0 Å². The standard InChI is InChI=1S/C13H12O6/c1-17-12(15)7-11(13(16)18-2)19-10-5-3-9(8-14)4-6-10/h3-8H,1-2H3/b11-7-. The summed E-state index contributed by atoms with van der Waals surface area (Å²) in [6, 6.07) is 5.99. The second-order valence-corrected chi connectivity index (χ2v) is 3.31. The lowest BCUT2D eigenvalue weighted by Crippen LogP contribution is -2.13. The molecule has 1 rings (SSSR count). The highest BCUT2D eigenvalue weighted by molar-refractivity contribution is 5.95. The quantitative estimate of drug-likeness (QED) is 0.343. The second kappa shape index (κ2) is 6.95. The van der Waals surface area contributed by atoms with Crippen molar-refractivity contribution in [2.75, 3.05) is 14.2 Å². The number of carbonyl (C=O) groups is 3. The van der Waals surface area contributed by atoms with E-state index in [2.05, 4.69) is 9.47 Å². The number of carbonyl (C=O) groups excluding carboxylic acids is 3. The summed E-state index contributed by atoms with van der Waals surface area (Å²) in [7, 11) is 2.33. The number of benzene rings is 1. The molecule has 0 bridgehead atoms. The van der Waals surface area contributed by atoms with Crippen molar-refractivity contribution in [2.45, 2.75) is 0 Å². The minimum atomic E-state index is -0.815. The molecule has 0 unspecified atom stereocenters. The molecule has 0 aliphatic heterocycles. The lowest BCUT2D eigenvalue weighted by Gasteiger charge is -2.07. The normalized spacial score (nSPS) is 10.5. The molecule has 0 aliphatic rings. The van der Waals surface area contributed by atoms with Crippen LogP contribution in [0.15, 0.2) is 36.1 Å². The predicted molar refractivity (Wildman–Crippen MR) is 64.6 cm³/mol. The average molecular weight is 264 g/mol. The van der Waals surface area contributed by atoms with Crippen LogP contribution in [0, 0.1) is 0 Å². The lowest BCUT2D eigenvalue weighted by atomic mass is 10.2. The number of methoxy groups -OCH3 is 2. The van der Waals surface area contributed by atoms with Crippen LogP contribution in [-0.4, -0.2) is 32.4 Å². The van der Waals surface area contributed by atoms with E-state index in [1.807, 2.05) is 0 Å². The van der Waals surface area contributed by atoms with Gasteiger partial charge in [0.05, 0.1) is 20.3 Å². The minimum absolute atomic E-state index is 0.283. The molecular formula is C13H12O6. The van der Waals surface area contributed by atoms with E-state index >= 15 is 0 Å². The molecular weight excluding hydrogens is 252 g/mol. The number of hydrogen-bond donors (Lipinski definition) is 0. The van der Waals surface area contributed by atoms with Crippen LogP contribution in [0.1, 0.15) is 10.4 Å². The Morgan fingerprint density at radius 3 is 2.16 bits per heavy atom. The van der Waals surface area contributed by atoms with Crippen molar-refractivity contribution in [1.29, 1.82) is 0 Å². The van der Waals surface area contributed by atoms with Crippen LogP contribution in [-0.2, 0) is 19.1 Å². The maximum Gasteiger partial charge on any atom is 0.374 e. The van der Waals surface area contributed by atoms with Crippen molar-refractivity contribution in [3.05, 3.63) is 41.7 Å². The molecule has 6 heteroatoms. The Morgan fingerprint density at radius 2 is 1.68 bits per heavy atom. The van der Waals surface area contributed by atoms with Crippen LogP contribution in [0.3, 0.4) is 0 Å². The molecule has 0 aromatic heterocycles. The maximum absolute atomic E-state index is 11.4. The zero-order valence-corrected chi connectivity index (χ0v) is 10.4. The van der Waals surface area contributed by atoms with Crippen molar-refractivity contribution >= 4 is 18.2 Å². The number of aldehydes is 1. The first kappa shape index (κ1) is 14.4. The van der Waals surface area contributed by atoms with Gasteiger partial charge in [-0.3, -0.25) is 4.79 Å². The molecule has 0 amide bonds. The topological polar surface area (TPSA) is 78.9 Å². The van der Waals surface area contributed by atoms with Gasteiger partial charge in [0.15, 0.2) is 0 Å². The second-order valence-electron chi connectivity index (χ2n) is 3.31. The van der Waals surface area contributed by atoms with Crippen LogP contribution in [0.25, 0.3) is 0 Å². The molecule has 0 N–H and O–H groups in total.